The van der Waals surface area contributed by atoms with Crippen LogP contribution in [0.15, 0.2) is 47.8 Å². The van der Waals surface area contributed by atoms with E-state index in [9.17, 15) is 0 Å². The number of hydrogen-bond donors (Lipinski definition) is 2. The van der Waals surface area contributed by atoms with Crippen molar-refractivity contribution in [2.24, 2.45) is 10.9 Å². The van der Waals surface area contributed by atoms with Crippen LogP contribution in [0.5, 0.6) is 0 Å². The minimum Gasteiger partial charge on any atom is -0.409 e. The van der Waals surface area contributed by atoms with Crippen LogP contribution in [0.3, 0.4) is 0 Å². The lowest BCUT2D eigenvalue weighted by Crippen LogP contribution is -2.18. The molecule has 7 heteroatoms. The molecule has 0 aliphatic rings. The Morgan fingerprint density at radius 3 is 2.81 bits per heavy atom. The summed E-state index contributed by atoms with van der Waals surface area (Å²) in [6.07, 6.45) is 1.79. The van der Waals surface area contributed by atoms with Gasteiger partial charge in [-0.1, -0.05) is 28.9 Å². The zero-order valence-corrected chi connectivity index (χ0v) is 11.7. The standard InChI is InChI=1S/C14H12ClN5O/c15-9-5-6-13(17-8-9)20-11-4-2-1-3-10(11)18-14(20)7-12(16)19-21/h1-6,8,21H,7H2,(H2,16,19). The number of amidine groups is 1. The van der Waals surface area contributed by atoms with Gasteiger partial charge in [0.15, 0.2) is 0 Å². The molecule has 0 saturated carbocycles. The van der Waals surface area contributed by atoms with Gasteiger partial charge in [-0.25, -0.2) is 9.97 Å². The monoisotopic (exact) mass is 301 g/mol. The molecule has 0 fully saturated rings. The van der Waals surface area contributed by atoms with Crippen LogP contribution < -0.4 is 5.73 Å². The van der Waals surface area contributed by atoms with E-state index in [1.165, 1.54) is 0 Å². The summed E-state index contributed by atoms with van der Waals surface area (Å²) in [7, 11) is 0. The molecule has 3 N–H and O–H groups in total. The molecule has 0 spiro atoms. The largest absolute Gasteiger partial charge is 0.409 e. The number of nitrogens with two attached hydrogens (primary N) is 1. The van der Waals surface area contributed by atoms with Crippen molar-refractivity contribution in [3.8, 4) is 5.82 Å². The van der Waals surface area contributed by atoms with Crippen molar-refractivity contribution in [2.75, 3.05) is 0 Å². The molecule has 0 radical (unpaired) electrons. The third-order valence-corrected chi connectivity index (χ3v) is 3.26. The average Bonchev–Trinajstić information content (AvgIpc) is 2.86. The van der Waals surface area contributed by atoms with E-state index in [2.05, 4.69) is 15.1 Å². The van der Waals surface area contributed by atoms with Crippen LogP contribution in [-0.2, 0) is 6.42 Å². The number of halogens is 1. The Balaban J connectivity index is 2.22. The number of imidazole rings is 1. The van der Waals surface area contributed by atoms with E-state index in [-0.39, 0.29) is 12.3 Å². The number of nitrogens with zero attached hydrogens (tertiary/aromatic N) is 4. The van der Waals surface area contributed by atoms with Gasteiger partial charge in [-0.05, 0) is 24.3 Å². The Kier molecular flexibility index (Phi) is 3.45. The lowest BCUT2D eigenvalue weighted by atomic mass is 10.3. The minimum absolute atomic E-state index is 0.0838. The smallest absolute Gasteiger partial charge is 0.146 e. The lowest BCUT2D eigenvalue weighted by molar-refractivity contribution is 0.317. The van der Waals surface area contributed by atoms with Crippen molar-refractivity contribution >= 4 is 28.5 Å². The van der Waals surface area contributed by atoms with Gasteiger partial charge in [-0.15, -0.1) is 0 Å². The van der Waals surface area contributed by atoms with E-state index in [0.29, 0.717) is 16.7 Å². The third-order valence-electron chi connectivity index (χ3n) is 3.04. The van der Waals surface area contributed by atoms with Gasteiger partial charge in [0, 0.05) is 6.20 Å². The topological polar surface area (TPSA) is 89.3 Å². The molecule has 21 heavy (non-hydrogen) atoms. The number of aromatic nitrogens is 3. The van der Waals surface area contributed by atoms with Crippen LogP contribution >= 0.6 is 11.6 Å². The number of fused-ring (bicyclic) bond motifs is 1. The minimum atomic E-state index is 0.0838. The van der Waals surface area contributed by atoms with E-state index in [1.807, 2.05) is 28.8 Å². The molecule has 3 rings (SSSR count). The first-order valence-electron chi connectivity index (χ1n) is 6.23. The second kappa shape index (κ2) is 5.41. The first-order valence-corrected chi connectivity index (χ1v) is 6.61. The predicted octanol–water partition coefficient (Wildman–Crippen LogP) is 2.36. The van der Waals surface area contributed by atoms with Crippen LogP contribution in [0.4, 0.5) is 0 Å². The number of pyridine rings is 1. The summed E-state index contributed by atoms with van der Waals surface area (Å²) < 4.78 is 1.86. The predicted molar refractivity (Wildman–Crippen MR) is 81.0 cm³/mol. The Hall–Kier alpha value is -2.60. The highest BCUT2D eigenvalue weighted by Crippen LogP contribution is 2.21. The molecule has 6 nitrogen and oxygen atoms in total. The van der Waals surface area contributed by atoms with E-state index in [4.69, 9.17) is 22.5 Å². The average molecular weight is 302 g/mol. The zero-order valence-electron chi connectivity index (χ0n) is 10.9. The van der Waals surface area contributed by atoms with Crippen molar-refractivity contribution in [1.82, 2.24) is 14.5 Å². The van der Waals surface area contributed by atoms with Gasteiger partial charge in [0.1, 0.15) is 17.5 Å². The van der Waals surface area contributed by atoms with Gasteiger partial charge in [0.05, 0.1) is 22.5 Å². The maximum atomic E-state index is 8.76. The van der Waals surface area contributed by atoms with Gasteiger partial charge in [-0.3, -0.25) is 4.57 Å². The van der Waals surface area contributed by atoms with Gasteiger partial charge in [0.2, 0.25) is 0 Å². The van der Waals surface area contributed by atoms with E-state index >= 15 is 0 Å². The normalized spacial score (nSPS) is 12.0. The molecular formula is C14H12ClN5O. The molecule has 0 aliphatic carbocycles. The molecule has 0 bridgehead atoms. The maximum Gasteiger partial charge on any atom is 0.146 e. The zero-order chi connectivity index (χ0) is 14.8. The van der Waals surface area contributed by atoms with Crippen LogP contribution in [0, 0.1) is 0 Å². The van der Waals surface area contributed by atoms with Crippen molar-refractivity contribution < 1.29 is 5.21 Å². The second-order valence-electron chi connectivity index (χ2n) is 4.45. The van der Waals surface area contributed by atoms with E-state index < -0.39 is 0 Å². The summed E-state index contributed by atoms with van der Waals surface area (Å²) in [6.45, 7) is 0. The summed E-state index contributed by atoms with van der Waals surface area (Å²) >= 11 is 5.88. The molecular weight excluding hydrogens is 290 g/mol. The number of oxime groups is 1. The molecule has 2 aromatic heterocycles. The molecule has 2 heterocycles. The summed E-state index contributed by atoms with van der Waals surface area (Å²) in [5.74, 6) is 1.40. The second-order valence-corrected chi connectivity index (χ2v) is 4.89. The van der Waals surface area contributed by atoms with Gasteiger partial charge in [-0.2, -0.15) is 0 Å². The molecule has 0 saturated heterocycles. The van der Waals surface area contributed by atoms with Gasteiger partial charge >= 0.3 is 0 Å². The number of para-hydroxylation sites is 2. The van der Waals surface area contributed by atoms with Crippen molar-refractivity contribution in [2.45, 2.75) is 6.42 Å². The highest BCUT2D eigenvalue weighted by atomic mass is 35.5. The summed E-state index contributed by atoms with van der Waals surface area (Å²) in [6, 6.07) is 11.2. The highest BCUT2D eigenvalue weighted by molar-refractivity contribution is 6.30. The molecule has 0 aliphatic heterocycles. The fourth-order valence-electron chi connectivity index (χ4n) is 2.15. The lowest BCUT2D eigenvalue weighted by Gasteiger charge is -2.07. The van der Waals surface area contributed by atoms with Crippen LogP contribution in [0.25, 0.3) is 16.9 Å². The highest BCUT2D eigenvalue weighted by Gasteiger charge is 2.14. The van der Waals surface area contributed by atoms with Crippen LogP contribution in [0.2, 0.25) is 5.02 Å². The number of rotatable bonds is 3. The van der Waals surface area contributed by atoms with Crippen molar-refractivity contribution in [1.29, 1.82) is 0 Å². The SMILES string of the molecule is NC(Cc1nc2ccccc2n1-c1ccc(Cl)cn1)=NO. The van der Waals surface area contributed by atoms with Gasteiger partial charge < -0.3 is 10.9 Å². The molecule has 0 unspecified atom stereocenters. The van der Waals surface area contributed by atoms with E-state index in [1.54, 1.807) is 18.3 Å². The Morgan fingerprint density at radius 1 is 1.29 bits per heavy atom. The Labute approximate surface area is 125 Å². The molecule has 106 valence electrons. The maximum absolute atomic E-state index is 8.76. The summed E-state index contributed by atoms with van der Waals surface area (Å²) in [4.78, 5) is 8.83. The molecule has 0 atom stereocenters. The summed E-state index contributed by atoms with van der Waals surface area (Å²) in [5.41, 5.74) is 7.31. The van der Waals surface area contributed by atoms with Gasteiger partial charge in [0.25, 0.3) is 0 Å². The Morgan fingerprint density at radius 2 is 2.10 bits per heavy atom. The van der Waals surface area contributed by atoms with Crippen LogP contribution in [-0.4, -0.2) is 25.6 Å². The fourth-order valence-corrected chi connectivity index (χ4v) is 2.26. The van der Waals surface area contributed by atoms with E-state index in [0.717, 1.165) is 11.0 Å². The number of benzene rings is 1. The Bertz CT molecular complexity index is 810. The quantitative estimate of drug-likeness (QED) is 0.336. The molecule has 1 aromatic carbocycles. The first-order chi connectivity index (χ1) is 10.2. The van der Waals surface area contributed by atoms with Crippen molar-refractivity contribution in [3.63, 3.8) is 0 Å². The van der Waals surface area contributed by atoms with Crippen molar-refractivity contribution in [3.05, 3.63) is 53.4 Å². The number of hydrogen-bond acceptors (Lipinski definition) is 4. The molecule has 3 aromatic rings. The summed E-state index contributed by atoms with van der Waals surface area (Å²) in [5, 5.41) is 12.3. The first kappa shape index (κ1) is 13.4. The molecule has 0 amide bonds. The van der Waals surface area contributed by atoms with Crippen LogP contribution in [0.1, 0.15) is 5.82 Å². The third kappa shape index (κ3) is 2.53. The fraction of sp³-hybridized carbons (Fsp3) is 0.0714.